The van der Waals surface area contributed by atoms with Gasteiger partial charge in [0.1, 0.15) is 0 Å². The van der Waals surface area contributed by atoms with E-state index in [2.05, 4.69) is 41.5 Å². The lowest BCUT2D eigenvalue weighted by Crippen LogP contribution is -2.54. The zero-order chi connectivity index (χ0) is 18.8. The highest BCUT2D eigenvalue weighted by Crippen LogP contribution is 2.30. The second-order valence-corrected chi connectivity index (χ2v) is 8.56. The number of amides is 3. The van der Waals surface area contributed by atoms with Crippen molar-refractivity contribution in [3.63, 3.8) is 0 Å². The van der Waals surface area contributed by atoms with Gasteiger partial charge in [0.05, 0.1) is 6.04 Å². The molecule has 138 valence electrons. The van der Waals surface area contributed by atoms with E-state index in [0.29, 0.717) is 12.2 Å². The van der Waals surface area contributed by atoms with E-state index in [9.17, 15) is 9.59 Å². The fraction of sp³-hybridized carbons (Fsp3) is 0.412. The average molecular weight is 392 g/mol. The third-order valence-electron chi connectivity index (χ3n) is 4.48. The molecular weight excluding hydrogens is 370 g/mol. The highest BCUT2D eigenvalue weighted by Gasteiger charge is 2.34. The number of aromatic nitrogens is 2. The molecule has 3 rings (SSSR count). The van der Waals surface area contributed by atoms with Crippen LogP contribution < -0.4 is 5.32 Å². The molecule has 1 unspecified atom stereocenters. The SMILES string of the molecule is Cc1ccc(Nc2nnc(SCC3CC(=O)N(C)C(=O)N3C)s2)cc1C. The van der Waals surface area contributed by atoms with Crippen molar-refractivity contribution in [2.24, 2.45) is 0 Å². The van der Waals surface area contributed by atoms with Gasteiger partial charge < -0.3 is 10.2 Å². The summed E-state index contributed by atoms with van der Waals surface area (Å²) in [6, 6.07) is 5.77. The van der Waals surface area contributed by atoms with Crippen molar-refractivity contribution in [3.05, 3.63) is 29.3 Å². The molecule has 0 saturated carbocycles. The minimum Gasteiger partial charge on any atom is -0.330 e. The van der Waals surface area contributed by atoms with Crippen LogP contribution in [0.1, 0.15) is 17.5 Å². The Hall–Kier alpha value is -2.13. The Morgan fingerprint density at radius 1 is 1.23 bits per heavy atom. The van der Waals surface area contributed by atoms with Crippen LogP contribution >= 0.6 is 23.1 Å². The van der Waals surface area contributed by atoms with E-state index in [4.69, 9.17) is 0 Å². The first-order valence-corrected chi connectivity index (χ1v) is 9.99. The lowest BCUT2D eigenvalue weighted by Gasteiger charge is -2.35. The van der Waals surface area contributed by atoms with Gasteiger partial charge in [0, 0.05) is 32.0 Å². The summed E-state index contributed by atoms with van der Waals surface area (Å²) in [4.78, 5) is 26.6. The Kier molecular flexibility index (Phi) is 5.47. The van der Waals surface area contributed by atoms with Crippen molar-refractivity contribution in [1.82, 2.24) is 20.0 Å². The molecular formula is C17H21N5O2S2. The van der Waals surface area contributed by atoms with Gasteiger partial charge in [0.2, 0.25) is 11.0 Å². The number of thioether (sulfide) groups is 1. The number of benzene rings is 1. The maximum atomic E-state index is 12.0. The summed E-state index contributed by atoms with van der Waals surface area (Å²) in [5.41, 5.74) is 3.44. The predicted octanol–water partition coefficient (Wildman–Crippen LogP) is 3.27. The molecule has 26 heavy (non-hydrogen) atoms. The van der Waals surface area contributed by atoms with Gasteiger partial charge in [0.15, 0.2) is 4.34 Å². The van der Waals surface area contributed by atoms with Crippen molar-refractivity contribution in [2.45, 2.75) is 30.6 Å². The highest BCUT2D eigenvalue weighted by molar-refractivity contribution is 8.01. The van der Waals surface area contributed by atoms with E-state index in [0.717, 1.165) is 20.1 Å². The third kappa shape index (κ3) is 3.99. The lowest BCUT2D eigenvalue weighted by atomic mass is 10.1. The van der Waals surface area contributed by atoms with Crippen LogP contribution in [0.4, 0.5) is 15.6 Å². The first kappa shape index (κ1) is 18.7. The molecule has 0 aliphatic carbocycles. The van der Waals surface area contributed by atoms with E-state index >= 15 is 0 Å². The van der Waals surface area contributed by atoms with E-state index < -0.39 is 0 Å². The van der Waals surface area contributed by atoms with Crippen LogP contribution in [0.3, 0.4) is 0 Å². The third-order valence-corrected chi connectivity index (χ3v) is 6.60. The van der Waals surface area contributed by atoms with E-state index in [1.165, 1.54) is 41.3 Å². The summed E-state index contributed by atoms with van der Waals surface area (Å²) in [7, 11) is 3.24. The second kappa shape index (κ2) is 7.63. The molecule has 0 bridgehead atoms. The highest BCUT2D eigenvalue weighted by atomic mass is 32.2. The Morgan fingerprint density at radius 3 is 2.73 bits per heavy atom. The molecule has 2 aromatic rings. The van der Waals surface area contributed by atoms with Crippen LogP contribution in [-0.4, -0.2) is 57.8 Å². The Labute approximate surface area is 160 Å². The number of nitrogens with one attached hydrogen (secondary N) is 1. The molecule has 1 N–H and O–H groups in total. The number of imide groups is 1. The molecule has 2 heterocycles. The van der Waals surface area contributed by atoms with Crippen molar-refractivity contribution in [1.29, 1.82) is 0 Å². The van der Waals surface area contributed by atoms with Gasteiger partial charge in [-0.2, -0.15) is 0 Å². The number of hydrogen-bond acceptors (Lipinski definition) is 7. The molecule has 1 fully saturated rings. The van der Waals surface area contributed by atoms with Crippen LogP contribution in [-0.2, 0) is 4.79 Å². The van der Waals surface area contributed by atoms with Crippen LogP contribution in [0.15, 0.2) is 22.5 Å². The largest absolute Gasteiger partial charge is 0.330 e. The zero-order valence-corrected chi connectivity index (χ0v) is 16.8. The Morgan fingerprint density at radius 2 is 2.00 bits per heavy atom. The van der Waals surface area contributed by atoms with Gasteiger partial charge in [-0.25, -0.2) is 4.79 Å². The number of nitrogens with zero attached hydrogens (tertiary/aromatic N) is 4. The summed E-state index contributed by atoms with van der Waals surface area (Å²) in [6.45, 7) is 4.15. The fourth-order valence-electron chi connectivity index (χ4n) is 2.57. The van der Waals surface area contributed by atoms with Crippen molar-refractivity contribution >= 4 is 45.9 Å². The molecule has 1 aromatic carbocycles. The summed E-state index contributed by atoms with van der Waals surface area (Å²) < 4.78 is 0.809. The molecule has 3 amide bonds. The molecule has 1 aliphatic rings. The standard InChI is InChI=1S/C17H21N5O2S2/c1-10-5-6-12(7-11(10)2)18-15-19-20-16(26-15)25-9-13-8-14(23)22(4)17(24)21(13)3/h5-7,13H,8-9H2,1-4H3,(H,18,19). The Balaban J connectivity index is 1.59. The first-order chi connectivity index (χ1) is 12.3. The molecule has 1 saturated heterocycles. The molecule has 1 aromatic heterocycles. The predicted molar refractivity (Wildman–Crippen MR) is 104 cm³/mol. The minimum atomic E-state index is -0.263. The molecule has 0 spiro atoms. The number of anilines is 2. The van der Waals surface area contributed by atoms with Gasteiger partial charge in [-0.3, -0.25) is 9.69 Å². The van der Waals surface area contributed by atoms with Crippen molar-refractivity contribution in [2.75, 3.05) is 25.2 Å². The number of carbonyl (C=O) groups is 2. The summed E-state index contributed by atoms with van der Waals surface area (Å²) in [5, 5.41) is 12.3. The number of urea groups is 1. The van der Waals surface area contributed by atoms with Gasteiger partial charge in [-0.05, 0) is 37.1 Å². The van der Waals surface area contributed by atoms with Crippen LogP contribution in [0.25, 0.3) is 0 Å². The van der Waals surface area contributed by atoms with Crippen molar-refractivity contribution in [3.8, 4) is 0 Å². The number of rotatable bonds is 5. The van der Waals surface area contributed by atoms with Crippen LogP contribution in [0, 0.1) is 13.8 Å². The molecule has 1 aliphatic heterocycles. The zero-order valence-electron chi connectivity index (χ0n) is 15.1. The van der Waals surface area contributed by atoms with Gasteiger partial charge in [-0.1, -0.05) is 29.2 Å². The maximum absolute atomic E-state index is 12.0. The lowest BCUT2D eigenvalue weighted by molar-refractivity contribution is -0.130. The van der Waals surface area contributed by atoms with Gasteiger partial charge >= 0.3 is 6.03 Å². The van der Waals surface area contributed by atoms with E-state index in [1.54, 1.807) is 11.9 Å². The molecule has 0 radical (unpaired) electrons. The summed E-state index contributed by atoms with van der Waals surface area (Å²) in [5.74, 6) is 0.466. The minimum absolute atomic E-state index is 0.128. The Bertz CT molecular complexity index is 838. The quantitative estimate of drug-likeness (QED) is 0.788. The average Bonchev–Trinajstić information content (AvgIpc) is 3.06. The maximum Gasteiger partial charge on any atom is 0.326 e. The summed E-state index contributed by atoms with van der Waals surface area (Å²) >= 11 is 2.97. The van der Waals surface area contributed by atoms with E-state index in [-0.39, 0.29) is 18.0 Å². The smallest absolute Gasteiger partial charge is 0.326 e. The molecule has 1 atom stereocenters. The van der Waals surface area contributed by atoms with Crippen LogP contribution in [0.5, 0.6) is 0 Å². The number of carbonyl (C=O) groups excluding carboxylic acids is 2. The normalized spacial score (nSPS) is 17.8. The second-order valence-electron chi connectivity index (χ2n) is 6.31. The molecule has 9 heteroatoms. The van der Waals surface area contributed by atoms with Crippen LogP contribution in [0.2, 0.25) is 0 Å². The fourth-order valence-corrected chi connectivity index (χ4v) is 4.52. The number of aryl methyl sites for hydroxylation is 2. The number of hydrogen-bond donors (Lipinski definition) is 1. The monoisotopic (exact) mass is 391 g/mol. The topological polar surface area (TPSA) is 78.4 Å². The van der Waals surface area contributed by atoms with Gasteiger partial charge in [-0.15, -0.1) is 10.2 Å². The van der Waals surface area contributed by atoms with E-state index in [1.807, 2.05) is 6.07 Å². The summed E-state index contributed by atoms with van der Waals surface area (Å²) in [6.07, 6.45) is 0.332. The van der Waals surface area contributed by atoms with Gasteiger partial charge in [0.25, 0.3) is 0 Å². The van der Waals surface area contributed by atoms with Crippen molar-refractivity contribution < 1.29 is 9.59 Å². The molecule has 7 nitrogen and oxygen atoms in total. The first-order valence-electron chi connectivity index (χ1n) is 8.19.